The Bertz CT molecular complexity index is 765. The summed E-state index contributed by atoms with van der Waals surface area (Å²) < 4.78 is 1.28. The fraction of sp³-hybridized carbons (Fsp3) is 0.438. The van der Waals surface area contributed by atoms with E-state index in [0.29, 0.717) is 12.3 Å². The molecule has 1 amide bonds. The van der Waals surface area contributed by atoms with Gasteiger partial charge in [0.1, 0.15) is 18.3 Å². The largest absolute Gasteiger partial charge is 0.346 e. The minimum Gasteiger partial charge on any atom is -0.346 e. The first-order valence-corrected chi connectivity index (χ1v) is 7.92. The van der Waals surface area contributed by atoms with Gasteiger partial charge < -0.3 is 11.1 Å². The number of carbonyl (C=O) groups excluding carboxylic acids is 1. The van der Waals surface area contributed by atoms with Crippen LogP contribution in [0.2, 0.25) is 0 Å². The number of benzene rings is 1. The van der Waals surface area contributed by atoms with Gasteiger partial charge in [-0.05, 0) is 31.4 Å². The van der Waals surface area contributed by atoms with Crippen LogP contribution in [-0.4, -0.2) is 37.7 Å². The zero-order chi connectivity index (χ0) is 18.6. The summed E-state index contributed by atoms with van der Waals surface area (Å²) in [4.78, 5) is 27.1. The third-order valence-corrected chi connectivity index (χ3v) is 3.82. The predicted octanol–water partition coefficient (Wildman–Crippen LogP) is 2.09. The van der Waals surface area contributed by atoms with Crippen molar-refractivity contribution in [1.29, 1.82) is 0 Å². The summed E-state index contributed by atoms with van der Waals surface area (Å²) in [7, 11) is 0. The molecule has 9 nitrogen and oxygen atoms in total. The smallest absolute Gasteiger partial charge is 0.295 e. The van der Waals surface area contributed by atoms with Crippen LogP contribution in [0.15, 0.2) is 30.9 Å². The third kappa shape index (κ3) is 4.99. The van der Waals surface area contributed by atoms with Crippen molar-refractivity contribution in [2.24, 2.45) is 11.7 Å². The summed E-state index contributed by atoms with van der Waals surface area (Å²) in [5.74, 6) is -0.0558. The minimum atomic E-state index is -0.579. The molecular formula is C16H23ClN6O3. The van der Waals surface area contributed by atoms with Crippen molar-refractivity contribution < 1.29 is 9.72 Å². The Morgan fingerprint density at radius 2 is 2.15 bits per heavy atom. The molecule has 26 heavy (non-hydrogen) atoms. The van der Waals surface area contributed by atoms with Crippen molar-refractivity contribution in [2.45, 2.75) is 32.7 Å². The molecule has 3 N–H and O–H groups in total. The van der Waals surface area contributed by atoms with Crippen molar-refractivity contribution in [3.8, 4) is 5.69 Å². The summed E-state index contributed by atoms with van der Waals surface area (Å²) in [6.07, 6.45) is 3.34. The number of amides is 1. The molecule has 1 atom stereocenters. The quantitative estimate of drug-likeness (QED) is 0.557. The summed E-state index contributed by atoms with van der Waals surface area (Å²) in [6, 6.07) is 4.23. The number of hydrogen-bond donors (Lipinski definition) is 2. The van der Waals surface area contributed by atoms with Gasteiger partial charge in [-0.3, -0.25) is 14.9 Å². The maximum Gasteiger partial charge on any atom is 0.295 e. The van der Waals surface area contributed by atoms with E-state index >= 15 is 0 Å². The summed E-state index contributed by atoms with van der Waals surface area (Å²) >= 11 is 0. The Kier molecular flexibility index (Phi) is 7.22. The lowest BCUT2D eigenvalue weighted by atomic mass is 9.90. The van der Waals surface area contributed by atoms with Gasteiger partial charge in [0, 0.05) is 23.7 Å². The first kappa shape index (κ1) is 21.5. The Morgan fingerprint density at radius 1 is 1.46 bits per heavy atom. The number of carbonyl (C=O) groups is 1. The number of nitrogens with one attached hydrogen (secondary N) is 1. The van der Waals surface area contributed by atoms with Gasteiger partial charge in [0.05, 0.1) is 4.92 Å². The molecule has 1 aromatic carbocycles. The number of nitro benzene ring substituents is 1. The van der Waals surface area contributed by atoms with Gasteiger partial charge in [-0.1, -0.05) is 13.8 Å². The van der Waals surface area contributed by atoms with Crippen molar-refractivity contribution in [1.82, 2.24) is 20.1 Å². The summed E-state index contributed by atoms with van der Waals surface area (Å²) in [6.45, 7) is 6.22. The molecule has 0 fully saturated rings. The normalized spacial score (nSPS) is 13.0. The maximum absolute atomic E-state index is 12.5. The average molecular weight is 383 g/mol. The first-order valence-electron chi connectivity index (χ1n) is 7.92. The zero-order valence-electron chi connectivity index (χ0n) is 14.9. The fourth-order valence-corrected chi connectivity index (χ4v) is 2.77. The highest BCUT2D eigenvalue weighted by molar-refractivity contribution is 5.95. The van der Waals surface area contributed by atoms with Crippen molar-refractivity contribution in [3.05, 3.63) is 46.5 Å². The molecule has 0 radical (unpaired) electrons. The van der Waals surface area contributed by atoms with E-state index in [1.165, 1.54) is 35.5 Å². The molecule has 0 saturated carbocycles. The van der Waals surface area contributed by atoms with Gasteiger partial charge in [0.15, 0.2) is 0 Å². The first-order chi connectivity index (χ1) is 11.8. The second-order valence-electron chi connectivity index (χ2n) is 6.62. The summed E-state index contributed by atoms with van der Waals surface area (Å²) in [5.41, 5.74) is 5.43. The Balaban J connectivity index is 0.00000338. The minimum absolute atomic E-state index is 0. The molecule has 1 unspecified atom stereocenters. The van der Waals surface area contributed by atoms with Crippen LogP contribution in [0.25, 0.3) is 5.69 Å². The summed E-state index contributed by atoms with van der Waals surface area (Å²) in [5, 5.41) is 18.2. The number of hydrogen-bond acceptors (Lipinski definition) is 6. The SMILES string of the molecule is CC(C)CC(C)(CN)NC(=O)c1ccc(-n2cncn2)c([N+](=O)[O-])c1.Cl. The molecule has 0 aliphatic rings. The van der Waals surface area contributed by atoms with E-state index in [-0.39, 0.29) is 35.9 Å². The van der Waals surface area contributed by atoms with E-state index in [1.54, 1.807) is 0 Å². The van der Waals surface area contributed by atoms with Gasteiger partial charge in [-0.15, -0.1) is 12.4 Å². The highest BCUT2D eigenvalue weighted by atomic mass is 35.5. The molecule has 0 spiro atoms. The molecule has 0 bridgehead atoms. The van der Waals surface area contributed by atoms with Crippen molar-refractivity contribution in [3.63, 3.8) is 0 Å². The maximum atomic E-state index is 12.5. The number of nitrogens with zero attached hydrogens (tertiary/aromatic N) is 4. The van der Waals surface area contributed by atoms with E-state index < -0.39 is 16.4 Å². The molecule has 10 heteroatoms. The van der Waals surface area contributed by atoms with Crippen LogP contribution in [0.5, 0.6) is 0 Å². The standard InChI is InChI=1S/C16H22N6O3.ClH/c1-11(2)7-16(3,8-17)20-15(23)12-4-5-13(14(6-12)22(24)25)21-10-18-9-19-21;/h4-6,9-11H,7-8,17H2,1-3H3,(H,20,23);1H. The lowest BCUT2D eigenvalue weighted by Gasteiger charge is -2.31. The highest BCUT2D eigenvalue weighted by Crippen LogP contribution is 2.24. The Labute approximate surface area is 157 Å². The van der Waals surface area contributed by atoms with E-state index in [4.69, 9.17) is 5.73 Å². The van der Waals surface area contributed by atoms with Crippen LogP contribution >= 0.6 is 12.4 Å². The zero-order valence-corrected chi connectivity index (χ0v) is 15.7. The van der Waals surface area contributed by atoms with Crippen molar-refractivity contribution in [2.75, 3.05) is 6.54 Å². The Hall–Kier alpha value is -2.52. The van der Waals surface area contributed by atoms with Crippen LogP contribution in [0, 0.1) is 16.0 Å². The van der Waals surface area contributed by atoms with Gasteiger partial charge in [0.25, 0.3) is 11.6 Å². The molecule has 142 valence electrons. The number of nitrogens with two attached hydrogens (primary N) is 1. The van der Waals surface area contributed by atoms with Crippen LogP contribution in [-0.2, 0) is 0 Å². The monoisotopic (exact) mass is 382 g/mol. The molecular weight excluding hydrogens is 360 g/mol. The van der Waals surface area contributed by atoms with E-state index in [1.807, 2.05) is 20.8 Å². The second-order valence-corrected chi connectivity index (χ2v) is 6.62. The molecule has 0 aliphatic heterocycles. The number of aromatic nitrogens is 3. The van der Waals surface area contributed by atoms with Gasteiger partial charge in [0.2, 0.25) is 0 Å². The van der Waals surface area contributed by atoms with E-state index in [0.717, 1.165) is 0 Å². The van der Waals surface area contributed by atoms with Gasteiger partial charge >= 0.3 is 0 Å². The fourth-order valence-electron chi connectivity index (χ4n) is 2.77. The third-order valence-electron chi connectivity index (χ3n) is 3.82. The second kappa shape index (κ2) is 8.72. The van der Waals surface area contributed by atoms with Crippen molar-refractivity contribution >= 4 is 24.0 Å². The number of halogens is 1. The van der Waals surface area contributed by atoms with E-state index in [2.05, 4.69) is 15.4 Å². The van der Waals surface area contributed by atoms with Crippen LogP contribution in [0.1, 0.15) is 37.6 Å². The van der Waals surface area contributed by atoms with Crippen LogP contribution in [0.3, 0.4) is 0 Å². The average Bonchev–Trinajstić information content (AvgIpc) is 3.07. The van der Waals surface area contributed by atoms with Crippen LogP contribution < -0.4 is 11.1 Å². The lowest BCUT2D eigenvalue weighted by Crippen LogP contribution is -2.52. The number of rotatable bonds is 7. The van der Waals surface area contributed by atoms with E-state index in [9.17, 15) is 14.9 Å². The topological polar surface area (TPSA) is 129 Å². The molecule has 2 rings (SSSR count). The van der Waals surface area contributed by atoms with Gasteiger partial charge in [-0.2, -0.15) is 5.10 Å². The number of nitro groups is 1. The molecule has 1 aromatic heterocycles. The lowest BCUT2D eigenvalue weighted by molar-refractivity contribution is -0.384. The predicted molar refractivity (Wildman–Crippen MR) is 99.6 cm³/mol. The Morgan fingerprint density at radius 3 is 2.65 bits per heavy atom. The molecule has 0 aliphatic carbocycles. The van der Waals surface area contributed by atoms with Crippen LogP contribution in [0.4, 0.5) is 5.69 Å². The molecule has 1 heterocycles. The molecule has 2 aromatic rings. The van der Waals surface area contributed by atoms with Gasteiger partial charge in [-0.25, -0.2) is 9.67 Å². The molecule has 0 saturated heterocycles. The highest BCUT2D eigenvalue weighted by Gasteiger charge is 2.27.